The van der Waals surface area contributed by atoms with Gasteiger partial charge in [-0.2, -0.15) is 5.26 Å². The summed E-state index contributed by atoms with van der Waals surface area (Å²) in [4.78, 5) is 25.3. The third kappa shape index (κ3) is 7.00. The Morgan fingerprint density at radius 3 is 2.64 bits per heavy atom. The summed E-state index contributed by atoms with van der Waals surface area (Å²) in [6.07, 6.45) is 1.75. The van der Waals surface area contributed by atoms with Crippen molar-refractivity contribution in [1.29, 1.82) is 5.26 Å². The summed E-state index contributed by atoms with van der Waals surface area (Å²) in [6.45, 7) is 6.50. The second kappa shape index (κ2) is 11.8. The number of nitriles is 1. The lowest BCUT2D eigenvalue weighted by Gasteiger charge is -2.22. The van der Waals surface area contributed by atoms with Crippen molar-refractivity contribution in [3.8, 4) is 28.7 Å². The summed E-state index contributed by atoms with van der Waals surface area (Å²) in [5, 5.41) is 30.4. The van der Waals surface area contributed by atoms with Crippen molar-refractivity contribution in [2.45, 2.75) is 45.2 Å². The number of nitrogens with one attached hydrogen (secondary N) is 1. The van der Waals surface area contributed by atoms with Gasteiger partial charge in [-0.05, 0) is 37.3 Å². The van der Waals surface area contributed by atoms with Crippen LogP contribution in [-0.4, -0.2) is 60.8 Å². The zero-order valence-corrected chi connectivity index (χ0v) is 22.3. The number of hydrogen-bond acceptors (Lipinski definition) is 9. The van der Waals surface area contributed by atoms with Crippen molar-refractivity contribution in [2.24, 2.45) is 0 Å². The predicted octanol–water partition coefficient (Wildman–Crippen LogP) is 3.92. The molecule has 0 bridgehead atoms. The van der Waals surface area contributed by atoms with E-state index in [1.807, 2.05) is 57.2 Å². The minimum absolute atomic E-state index is 0.0242. The van der Waals surface area contributed by atoms with Gasteiger partial charge in [0.2, 0.25) is 5.95 Å². The van der Waals surface area contributed by atoms with Gasteiger partial charge in [-0.3, -0.25) is 9.78 Å². The SMILES string of the molecule is COC[C@H](C)Nc1nc(-c2cccc(C#N)c2)cc(-c2cn(Cc3cccc(C(C)(C)CC(=O)O)n3)nn2)n1. The summed E-state index contributed by atoms with van der Waals surface area (Å²) in [5.74, 6) is -0.471. The molecule has 1 aromatic carbocycles. The first-order chi connectivity index (χ1) is 18.7. The van der Waals surface area contributed by atoms with Crippen LogP contribution in [0.15, 0.2) is 54.7 Å². The standard InChI is InChI=1S/C28H30N8O3/c1-18(17-39-4)30-27-32-22(20-8-5-7-19(11-20)14-29)12-23(33-27)24-16-36(35-34-24)15-21-9-6-10-25(31-21)28(2,3)13-26(37)38/h5-12,16,18H,13,15,17H2,1-4H3,(H,37,38)(H,30,32,33)/t18-/m0/s1. The lowest BCUT2D eigenvalue weighted by Crippen LogP contribution is -2.23. The quantitative estimate of drug-likeness (QED) is 0.294. The van der Waals surface area contributed by atoms with Crippen molar-refractivity contribution in [3.05, 3.63) is 71.7 Å². The predicted molar refractivity (Wildman–Crippen MR) is 145 cm³/mol. The Kier molecular flexibility index (Phi) is 8.27. The fourth-order valence-corrected chi connectivity index (χ4v) is 4.12. The van der Waals surface area contributed by atoms with Crippen LogP contribution in [0.5, 0.6) is 0 Å². The van der Waals surface area contributed by atoms with E-state index in [9.17, 15) is 15.2 Å². The molecule has 2 N–H and O–H groups in total. The number of rotatable bonds is 11. The Balaban J connectivity index is 1.64. The fourth-order valence-electron chi connectivity index (χ4n) is 4.12. The van der Waals surface area contributed by atoms with E-state index in [-0.39, 0.29) is 12.5 Å². The highest BCUT2D eigenvalue weighted by atomic mass is 16.5. The number of carboxylic acid groups (broad SMARTS) is 1. The number of anilines is 1. The third-order valence-corrected chi connectivity index (χ3v) is 6.02. The van der Waals surface area contributed by atoms with Crippen LogP contribution < -0.4 is 5.32 Å². The molecule has 0 aliphatic rings. The van der Waals surface area contributed by atoms with Gasteiger partial charge in [-0.25, -0.2) is 14.6 Å². The molecule has 4 aromatic rings. The van der Waals surface area contributed by atoms with Crippen LogP contribution >= 0.6 is 0 Å². The topological polar surface area (TPSA) is 152 Å². The molecule has 11 nitrogen and oxygen atoms in total. The van der Waals surface area contributed by atoms with E-state index >= 15 is 0 Å². The van der Waals surface area contributed by atoms with Gasteiger partial charge in [0.05, 0.1) is 54.5 Å². The van der Waals surface area contributed by atoms with E-state index < -0.39 is 11.4 Å². The number of pyridine rings is 1. The maximum Gasteiger partial charge on any atom is 0.304 e. The fraction of sp³-hybridized carbons (Fsp3) is 0.321. The van der Waals surface area contributed by atoms with Crippen LogP contribution in [0.25, 0.3) is 22.6 Å². The molecule has 0 saturated carbocycles. The number of nitrogens with zero attached hydrogens (tertiary/aromatic N) is 7. The first-order valence-electron chi connectivity index (χ1n) is 12.4. The summed E-state index contributed by atoms with van der Waals surface area (Å²) >= 11 is 0. The zero-order chi connectivity index (χ0) is 28.0. The van der Waals surface area contributed by atoms with Gasteiger partial charge in [-0.15, -0.1) is 5.10 Å². The van der Waals surface area contributed by atoms with E-state index in [0.29, 0.717) is 47.4 Å². The molecule has 0 spiro atoms. The molecule has 4 rings (SSSR count). The number of carboxylic acids is 1. The van der Waals surface area contributed by atoms with Crippen molar-refractivity contribution < 1.29 is 14.6 Å². The molecule has 0 aliphatic carbocycles. The van der Waals surface area contributed by atoms with Crippen molar-refractivity contribution in [2.75, 3.05) is 19.0 Å². The van der Waals surface area contributed by atoms with Crippen molar-refractivity contribution >= 4 is 11.9 Å². The van der Waals surface area contributed by atoms with Crippen LogP contribution in [0.4, 0.5) is 5.95 Å². The first-order valence-corrected chi connectivity index (χ1v) is 12.4. The normalized spacial score (nSPS) is 12.1. The molecule has 200 valence electrons. The van der Waals surface area contributed by atoms with Gasteiger partial charge < -0.3 is 15.2 Å². The van der Waals surface area contributed by atoms with Gasteiger partial charge in [0.1, 0.15) is 5.69 Å². The largest absolute Gasteiger partial charge is 0.481 e. The number of ether oxygens (including phenoxy) is 1. The number of hydrogen-bond donors (Lipinski definition) is 2. The number of benzene rings is 1. The smallest absolute Gasteiger partial charge is 0.304 e. The molecular weight excluding hydrogens is 496 g/mol. The second-order valence-electron chi connectivity index (χ2n) is 9.93. The molecular formula is C28H30N8O3. The molecule has 0 aliphatic heterocycles. The third-order valence-electron chi connectivity index (χ3n) is 6.02. The summed E-state index contributed by atoms with van der Waals surface area (Å²) < 4.78 is 6.89. The highest BCUT2D eigenvalue weighted by Gasteiger charge is 2.26. The highest BCUT2D eigenvalue weighted by molar-refractivity contribution is 5.69. The Morgan fingerprint density at radius 1 is 1.13 bits per heavy atom. The van der Waals surface area contributed by atoms with E-state index in [1.165, 1.54) is 0 Å². The van der Waals surface area contributed by atoms with E-state index in [0.717, 1.165) is 11.3 Å². The minimum atomic E-state index is -0.873. The average molecular weight is 527 g/mol. The molecule has 0 amide bonds. The molecule has 11 heteroatoms. The molecule has 3 heterocycles. The van der Waals surface area contributed by atoms with Crippen LogP contribution in [0.3, 0.4) is 0 Å². The maximum atomic E-state index is 11.3. The highest BCUT2D eigenvalue weighted by Crippen LogP contribution is 2.27. The molecule has 0 radical (unpaired) electrons. The van der Waals surface area contributed by atoms with Gasteiger partial charge in [-0.1, -0.05) is 37.3 Å². The summed E-state index contributed by atoms with van der Waals surface area (Å²) in [5.41, 5.74) is 3.86. The summed E-state index contributed by atoms with van der Waals surface area (Å²) in [6, 6.07) is 16.7. The lowest BCUT2D eigenvalue weighted by molar-refractivity contribution is -0.138. The van der Waals surface area contributed by atoms with Crippen LogP contribution in [0, 0.1) is 11.3 Å². The van der Waals surface area contributed by atoms with Crippen molar-refractivity contribution in [1.82, 2.24) is 29.9 Å². The Hall–Kier alpha value is -4.69. The Morgan fingerprint density at radius 2 is 1.90 bits per heavy atom. The van der Waals surface area contributed by atoms with E-state index in [2.05, 4.69) is 36.7 Å². The van der Waals surface area contributed by atoms with Gasteiger partial charge in [0, 0.05) is 29.8 Å². The molecule has 0 saturated heterocycles. The van der Waals surface area contributed by atoms with Gasteiger partial charge in [0.15, 0.2) is 0 Å². The molecule has 0 fully saturated rings. The first kappa shape index (κ1) is 27.3. The molecule has 39 heavy (non-hydrogen) atoms. The van der Waals surface area contributed by atoms with E-state index in [1.54, 1.807) is 30.1 Å². The Bertz CT molecular complexity index is 1510. The maximum absolute atomic E-state index is 11.3. The average Bonchev–Trinajstić information content (AvgIpc) is 3.36. The number of aromatic nitrogens is 6. The van der Waals surface area contributed by atoms with Gasteiger partial charge in [0.25, 0.3) is 0 Å². The van der Waals surface area contributed by atoms with Crippen LogP contribution in [0.2, 0.25) is 0 Å². The van der Waals surface area contributed by atoms with Gasteiger partial charge >= 0.3 is 5.97 Å². The summed E-state index contributed by atoms with van der Waals surface area (Å²) in [7, 11) is 1.63. The molecule has 1 atom stereocenters. The molecule has 3 aromatic heterocycles. The van der Waals surface area contributed by atoms with Crippen molar-refractivity contribution in [3.63, 3.8) is 0 Å². The lowest BCUT2D eigenvalue weighted by atomic mass is 9.85. The molecule has 0 unspecified atom stereocenters. The monoisotopic (exact) mass is 526 g/mol. The Labute approximate surface area is 226 Å². The number of aliphatic carboxylic acids is 1. The number of methoxy groups -OCH3 is 1. The van der Waals surface area contributed by atoms with Crippen LogP contribution in [-0.2, 0) is 21.5 Å². The number of carbonyl (C=O) groups is 1. The zero-order valence-electron chi connectivity index (χ0n) is 22.3. The minimum Gasteiger partial charge on any atom is -0.481 e. The van der Waals surface area contributed by atoms with E-state index in [4.69, 9.17) is 4.74 Å². The second-order valence-corrected chi connectivity index (χ2v) is 9.93. The van der Waals surface area contributed by atoms with Crippen LogP contribution in [0.1, 0.15) is 44.1 Å².